The molecule has 0 spiro atoms. The molecule has 1 atom stereocenters. The normalized spacial score (nSPS) is 17.9. The van der Waals surface area contributed by atoms with E-state index in [1.165, 1.54) is 12.8 Å². The number of esters is 1. The molecule has 0 aromatic carbocycles. The first-order chi connectivity index (χ1) is 7.13. The number of nitrogens with two attached hydrogens (primary N) is 1. The molecule has 0 saturated heterocycles. The van der Waals surface area contributed by atoms with Crippen molar-refractivity contribution in [3.05, 3.63) is 0 Å². The van der Waals surface area contributed by atoms with Crippen LogP contribution in [-0.4, -0.2) is 19.1 Å². The molecule has 1 fully saturated rings. The van der Waals surface area contributed by atoms with Crippen LogP contribution in [0.25, 0.3) is 0 Å². The Morgan fingerprint density at radius 3 is 2.60 bits per heavy atom. The maximum atomic E-state index is 11.6. The Hall–Kier alpha value is -0.570. The van der Waals surface area contributed by atoms with Crippen LogP contribution < -0.4 is 5.73 Å². The minimum atomic E-state index is -0.107. The Labute approximate surface area is 92.4 Å². The fourth-order valence-corrected chi connectivity index (χ4v) is 1.71. The van der Waals surface area contributed by atoms with Crippen LogP contribution in [0.5, 0.6) is 0 Å². The summed E-state index contributed by atoms with van der Waals surface area (Å²) in [6, 6.07) is 0. The van der Waals surface area contributed by atoms with Crippen LogP contribution in [0.15, 0.2) is 0 Å². The van der Waals surface area contributed by atoms with Crippen LogP contribution in [0, 0.1) is 17.8 Å². The number of carbonyl (C=O) groups excluding carboxylic acids is 1. The molecule has 3 heteroatoms. The maximum Gasteiger partial charge on any atom is 0.310 e. The maximum absolute atomic E-state index is 11.6. The van der Waals surface area contributed by atoms with Gasteiger partial charge in [0.15, 0.2) is 0 Å². The second kappa shape index (κ2) is 6.11. The third-order valence-corrected chi connectivity index (χ3v) is 2.84. The molecule has 1 saturated carbocycles. The Bertz CT molecular complexity index is 200. The lowest BCUT2D eigenvalue weighted by molar-refractivity contribution is -0.148. The first-order valence-corrected chi connectivity index (χ1v) is 6.00. The Balaban J connectivity index is 2.15. The van der Waals surface area contributed by atoms with Gasteiger partial charge in [-0.05, 0) is 24.7 Å². The van der Waals surface area contributed by atoms with E-state index in [1.54, 1.807) is 0 Å². The van der Waals surface area contributed by atoms with Crippen molar-refractivity contribution >= 4 is 5.97 Å². The van der Waals surface area contributed by atoms with Crippen LogP contribution in [0.4, 0.5) is 0 Å². The smallest absolute Gasteiger partial charge is 0.310 e. The van der Waals surface area contributed by atoms with Gasteiger partial charge in [0.05, 0.1) is 12.5 Å². The predicted octanol–water partition coefficient (Wildman–Crippen LogP) is 1.95. The molecule has 0 bridgehead atoms. The van der Waals surface area contributed by atoms with E-state index < -0.39 is 0 Å². The van der Waals surface area contributed by atoms with Gasteiger partial charge in [-0.25, -0.2) is 0 Å². The highest BCUT2D eigenvalue weighted by atomic mass is 16.5. The minimum absolute atomic E-state index is 0.105. The number of ether oxygens (including phenoxy) is 1. The van der Waals surface area contributed by atoms with E-state index in [1.807, 2.05) is 0 Å². The van der Waals surface area contributed by atoms with Crippen molar-refractivity contribution in [2.45, 2.75) is 39.5 Å². The summed E-state index contributed by atoms with van der Waals surface area (Å²) in [5, 5.41) is 0. The van der Waals surface area contributed by atoms with E-state index in [2.05, 4.69) is 13.8 Å². The molecule has 0 heterocycles. The topological polar surface area (TPSA) is 52.3 Å². The van der Waals surface area contributed by atoms with Crippen molar-refractivity contribution in [3.8, 4) is 0 Å². The lowest BCUT2D eigenvalue weighted by Crippen LogP contribution is -2.27. The zero-order chi connectivity index (χ0) is 11.3. The van der Waals surface area contributed by atoms with Crippen LogP contribution >= 0.6 is 0 Å². The molecule has 0 aromatic heterocycles. The van der Waals surface area contributed by atoms with Crippen molar-refractivity contribution in [2.24, 2.45) is 23.5 Å². The molecule has 15 heavy (non-hydrogen) atoms. The minimum Gasteiger partial charge on any atom is -0.465 e. The monoisotopic (exact) mass is 213 g/mol. The van der Waals surface area contributed by atoms with E-state index in [9.17, 15) is 4.79 Å². The van der Waals surface area contributed by atoms with Gasteiger partial charge in [0.25, 0.3) is 0 Å². The van der Waals surface area contributed by atoms with E-state index >= 15 is 0 Å². The highest BCUT2D eigenvalue weighted by Gasteiger charge is 2.23. The predicted molar refractivity (Wildman–Crippen MR) is 60.3 cm³/mol. The van der Waals surface area contributed by atoms with E-state index in [0.717, 1.165) is 18.8 Å². The van der Waals surface area contributed by atoms with E-state index in [-0.39, 0.29) is 11.9 Å². The fourth-order valence-electron chi connectivity index (χ4n) is 1.71. The fraction of sp³-hybridized carbons (Fsp3) is 0.917. The number of carbonyl (C=O) groups is 1. The van der Waals surface area contributed by atoms with Crippen LogP contribution in [0.2, 0.25) is 0 Å². The number of rotatable bonds is 7. The number of hydrogen-bond donors (Lipinski definition) is 1. The molecule has 0 aliphatic heterocycles. The second-order valence-corrected chi connectivity index (χ2v) is 4.96. The lowest BCUT2D eigenvalue weighted by atomic mass is 9.97. The van der Waals surface area contributed by atoms with Gasteiger partial charge in [-0.15, -0.1) is 0 Å². The summed E-state index contributed by atoms with van der Waals surface area (Å²) in [7, 11) is 0. The van der Waals surface area contributed by atoms with Gasteiger partial charge in [0, 0.05) is 6.54 Å². The van der Waals surface area contributed by atoms with Gasteiger partial charge in [-0.3, -0.25) is 4.79 Å². The molecule has 88 valence electrons. The Morgan fingerprint density at radius 1 is 1.47 bits per heavy atom. The summed E-state index contributed by atoms with van der Waals surface area (Å²) in [4.78, 5) is 11.6. The SMILES string of the molecule is CC(C)CC(CN)C(=O)OCCC1CC1. The molecule has 0 amide bonds. The van der Waals surface area contributed by atoms with Crippen LogP contribution in [0.1, 0.15) is 39.5 Å². The largest absolute Gasteiger partial charge is 0.465 e. The van der Waals surface area contributed by atoms with Gasteiger partial charge in [-0.1, -0.05) is 26.7 Å². The van der Waals surface area contributed by atoms with Gasteiger partial charge in [-0.2, -0.15) is 0 Å². The molecule has 1 aliphatic rings. The highest BCUT2D eigenvalue weighted by Crippen LogP contribution is 2.32. The molecule has 0 radical (unpaired) electrons. The van der Waals surface area contributed by atoms with Gasteiger partial charge < -0.3 is 10.5 Å². The van der Waals surface area contributed by atoms with Crippen molar-refractivity contribution < 1.29 is 9.53 Å². The third kappa shape index (κ3) is 5.17. The summed E-state index contributed by atoms with van der Waals surface area (Å²) in [5.74, 6) is 1.10. The summed E-state index contributed by atoms with van der Waals surface area (Å²) in [6.07, 6.45) is 4.48. The quantitative estimate of drug-likeness (QED) is 0.658. The van der Waals surface area contributed by atoms with Gasteiger partial charge in [0.2, 0.25) is 0 Å². The molecule has 3 nitrogen and oxygen atoms in total. The molecular formula is C12H23NO2. The van der Waals surface area contributed by atoms with Gasteiger partial charge in [0.1, 0.15) is 0 Å². The zero-order valence-electron chi connectivity index (χ0n) is 9.87. The lowest BCUT2D eigenvalue weighted by Gasteiger charge is -2.15. The first kappa shape index (κ1) is 12.5. The molecule has 2 N–H and O–H groups in total. The standard InChI is InChI=1S/C12H23NO2/c1-9(2)7-11(8-13)12(14)15-6-5-10-3-4-10/h9-11H,3-8,13H2,1-2H3. The summed E-state index contributed by atoms with van der Waals surface area (Å²) in [5.41, 5.74) is 5.57. The van der Waals surface area contributed by atoms with E-state index in [4.69, 9.17) is 10.5 Å². The summed E-state index contributed by atoms with van der Waals surface area (Å²) >= 11 is 0. The summed E-state index contributed by atoms with van der Waals surface area (Å²) < 4.78 is 5.23. The molecule has 1 aliphatic carbocycles. The first-order valence-electron chi connectivity index (χ1n) is 6.00. The average Bonchev–Trinajstić information content (AvgIpc) is 2.97. The van der Waals surface area contributed by atoms with Crippen molar-refractivity contribution in [1.29, 1.82) is 0 Å². The molecule has 1 unspecified atom stereocenters. The van der Waals surface area contributed by atoms with Gasteiger partial charge >= 0.3 is 5.97 Å². The van der Waals surface area contributed by atoms with E-state index in [0.29, 0.717) is 19.1 Å². The Morgan fingerprint density at radius 2 is 2.13 bits per heavy atom. The highest BCUT2D eigenvalue weighted by molar-refractivity contribution is 5.72. The van der Waals surface area contributed by atoms with Crippen molar-refractivity contribution in [3.63, 3.8) is 0 Å². The van der Waals surface area contributed by atoms with Crippen LogP contribution in [0.3, 0.4) is 0 Å². The second-order valence-electron chi connectivity index (χ2n) is 4.96. The van der Waals surface area contributed by atoms with Crippen molar-refractivity contribution in [1.82, 2.24) is 0 Å². The van der Waals surface area contributed by atoms with Crippen molar-refractivity contribution in [2.75, 3.05) is 13.2 Å². The number of hydrogen-bond acceptors (Lipinski definition) is 3. The average molecular weight is 213 g/mol. The molecule has 1 rings (SSSR count). The zero-order valence-corrected chi connectivity index (χ0v) is 9.87. The Kier molecular flexibility index (Phi) is 5.09. The summed E-state index contributed by atoms with van der Waals surface area (Å²) in [6.45, 7) is 5.18. The molecule has 0 aromatic rings. The molecular weight excluding hydrogens is 190 g/mol. The third-order valence-electron chi connectivity index (χ3n) is 2.84. The van der Waals surface area contributed by atoms with Crippen LogP contribution in [-0.2, 0) is 9.53 Å².